The van der Waals surface area contributed by atoms with Gasteiger partial charge in [-0.15, -0.1) is 11.3 Å². The molecule has 6 heteroatoms. The Bertz CT molecular complexity index is 949. The lowest BCUT2D eigenvalue weighted by molar-refractivity contribution is 0.0761. The Labute approximate surface area is 169 Å². The Hall–Kier alpha value is -2.44. The highest BCUT2D eigenvalue weighted by Crippen LogP contribution is 2.26. The molecule has 0 atom stereocenters. The largest absolute Gasteiger partial charge is 0.440 e. The SMILES string of the molecule is Cc1cccc(C(=O)N2CCCN(Cc3nc(-c4cccs4)oc3C)CC2)c1. The summed E-state index contributed by atoms with van der Waals surface area (Å²) in [6.07, 6.45) is 0.965. The van der Waals surface area contributed by atoms with Crippen molar-refractivity contribution in [1.82, 2.24) is 14.8 Å². The van der Waals surface area contributed by atoms with E-state index >= 15 is 0 Å². The minimum absolute atomic E-state index is 0.128. The fraction of sp³-hybridized carbons (Fsp3) is 0.364. The lowest BCUT2D eigenvalue weighted by Crippen LogP contribution is -2.35. The van der Waals surface area contributed by atoms with Gasteiger partial charge in [0, 0.05) is 38.3 Å². The van der Waals surface area contributed by atoms with Gasteiger partial charge < -0.3 is 9.32 Å². The third-order valence-electron chi connectivity index (χ3n) is 5.14. The van der Waals surface area contributed by atoms with E-state index in [1.165, 1.54) is 0 Å². The van der Waals surface area contributed by atoms with Gasteiger partial charge in [0.15, 0.2) is 0 Å². The molecule has 1 aliphatic heterocycles. The summed E-state index contributed by atoms with van der Waals surface area (Å²) in [6, 6.07) is 11.9. The van der Waals surface area contributed by atoms with Gasteiger partial charge in [-0.2, -0.15) is 0 Å². The van der Waals surface area contributed by atoms with Crippen molar-refractivity contribution in [3.63, 3.8) is 0 Å². The van der Waals surface area contributed by atoms with Gasteiger partial charge in [-0.3, -0.25) is 9.69 Å². The summed E-state index contributed by atoms with van der Waals surface area (Å²) in [4.78, 5) is 22.9. The number of carbonyl (C=O) groups excluding carboxylic acids is 1. The molecule has 1 aliphatic rings. The van der Waals surface area contributed by atoms with Crippen LogP contribution < -0.4 is 0 Å². The Morgan fingerprint density at radius 2 is 2.04 bits per heavy atom. The van der Waals surface area contributed by atoms with Crippen molar-refractivity contribution in [2.45, 2.75) is 26.8 Å². The van der Waals surface area contributed by atoms with E-state index in [1.807, 2.05) is 60.5 Å². The van der Waals surface area contributed by atoms with Crippen LogP contribution in [-0.4, -0.2) is 46.9 Å². The molecule has 1 saturated heterocycles. The van der Waals surface area contributed by atoms with E-state index in [9.17, 15) is 4.79 Å². The Morgan fingerprint density at radius 1 is 1.14 bits per heavy atom. The molecule has 1 amide bonds. The fourth-order valence-electron chi connectivity index (χ4n) is 3.58. The molecule has 0 N–H and O–H groups in total. The molecule has 146 valence electrons. The smallest absolute Gasteiger partial charge is 0.253 e. The molecular formula is C22H25N3O2S. The van der Waals surface area contributed by atoms with E-state index in [4.69, 9.17) is 9.40 Å². The lowest BCUT2D eigenvalue weighted by atomic mass is 10.1. The monoisotopic (exact) mass is 395 g/mol. The number of oxazole rings is 1. The van der Waals surface area contributed by atoms with Gasteiger partial charge in [-0.1, -0.05) is 23.8 Å². The summed E-state index contributed by atoms with van der Waals surface area (Å²) < 4.78 is 5.87. The molecule has 28 heavy (non-hydrogen) atoms. The first-order valence-electron chi connectivity index (χ1n) is 9.68. The predicted molar refractivity (Wildman–Crippen MR) is 112 cm³/mol. The minimum atomic E-state index is 0.128. The van der Waals surface area contributed by atoms with Crippen LogP contribution in [0.25, 0.3) is 10.8 Å². The Balaban J connectivity index is 1.40. The number of aromatic nitrogens is 1. The summed E-state index contributed by atoms with van der Waals surface area (Å²) in [6.45, 7) is 8.09. The Morgan fingerprint density at radius 3 is 2.82 bits per heavy atom. The van der Waals surface area contributed by atoms with Crippen molar-refractivity contribution < 1.29 is 9.21 Å². The summed E-state index contributed by atoms with van der Waals surface area (Å²) in [7, 11) is 0. The maximum absolute atomic E-state index is 12.8. The summed E-state index contributed by atoms with van der Waals surface area (Å²) in [5, 5.41) is 2.03. The number of amides is 1. The molecule has 0 bridgehead atoms. The summed E-state index contributed by atoms with van der Waals surface area (Å²) in [5.41, 5.74) is 2.88. The quantitative estimate of drug-likeness (QED) is 0.658. The van der Waals surface area contributed by atoms with Crippen molar-refractivity contribution in [3.8, 4) is 10.8 Å². The standard InChI is InChI=1S/C22H25N3O2S/c1-16-6-3-7-18(14-16)22(26)25-10-5-9-24(11-12-25)15-19-17(2)27-21(23-19)20-8-4-13-28-20/h3-4,6-8,13-14H,5,9-12,15H2,1-2H3. The number of hydrogen-bond acceptors (Lipinski definition) is 5. The average molecular weight is 396 g/mol. The zero-order valence-corrected chi connectivity index (χ0v) is 17.2. The molecule has 5 nitrogen and oxygen atoms in total. The van der Waals surface area contributed by atoms with Gasteiger partial charge in [0.25, 0.3) is 5.91 Å². The Kier molecular flexibility index (Phi) is 5.59. The second kappa shape index (κ2) is 8.29. The van der Waals surface area contributed by atoms with E-state index in [2.05, 4.69) is 4.90 Å². The molecule has 0 saturated carbocycles. The third kappa shape index (κ3) is 4.18. The number of rotatable bonds is 4. The average Bonchev–Trinajstić information content (AvgIpc) is 3.27. The summed E-state index contributed by atoms with van der Waals surface area (Å²) >= 11 is 1.64. The fourth-order valence-corrected chi connectivity index (χ4v) is 4.23. The van der Waals surface area contributed by atoms with Crippen LogP contribution >= 0.6 is 11.3 Å². The first-order valence-corrected chi connectivity index (χ1v) is 10.6. The molecular weight excluding hydrogens is 370 g/mol. The highest BCUT2D eigenvalue weighted by molar-refractivity contribution is 7.13. The van der Waals surface area contributed by atoms with Crippen LogP contribution in [0.2, 0.25) is 0 Å². The number of aryl methyl sites for hydroxylation is 2. The number of nitrogens with zero attached hydrogens (tertiary/aromatic N) is 3. The number of benzene rings is 1. The highest BCUT2D eigenvalue weighted by atomic mass is 32.1. The molecule has 0 aliphatic carbocycles. The van der Waals surface area contributed by atoms with Crippen LogP contribution in [0.1, 0.15) is 33.8 Å². The second-order valence-corrected chi connectivity index (χ2v) is 8.24. The number of carbonyl (C=O) groups is 1. The van der Waals surface area contributed by atoms with Crippen LogP contribution in [0.3, 0.4) is 0 Å². The van der Waals surface area contributed by atoms with Crippen molar-refractivity contribution in [2.75, 3.05) is 26.2 Å². The first kappa shape index (κ1) is 18.9. The van der Waals surface area contributed by atoms with E-state index in [1.54, 1.807) is 11.3 Å². The maximum atomic E-state index is 12.8. The zero-order chi connectivity index (χ0) is 19.5. The van der Waals surface area contributed by atoms with Crippen molar-refractivity contribution in [3.05, 3.63) is 64.4 Å². The maximum Gasteiger partial charge on any atom is 0.253 e. The first-order chi connectivity index (χ1) is 13.6. The molecule has 0 spiro atoms. The molecule has 3 aromatic rings. The number of hydrogen-bond donors (Lipinski definition) is 0. The topological polar surface area (TPSA) is 49.6 Å². The minimum Gasteiger partial charge on any atom is -0.440 e. The van der Waals surface area contributed by atoms with Crippen molar-refractivity contribution in [1.29, 1.82) is 0 Å². The van der Waals surface area contributed by atoms with Crippen LogP contribution in [0.5, 0.6) is 0 Å². The zero-order valence-electron chi connectivity index (χ0n) is 16.4. The van der Waals surface area contributed by atoms with E-state index in [0.29, 0.717) is 5.89 Å². The van der Waals surface area contributed by atoms with Gasteiger partial charge in [0.05, 0.1) is 10.6 Å². The predicted octanol–water partition coefficient (Wildman–Crippen LogP) is 4.37. The van der Waals surface area contributed by atoms with Gasteiger partial charge >= 0.3 is 0 Å². The normalized spacial score (nSPS) is 15.6. The van der Waals surface area contributed by atoms with Crippen LogP contribution in [-0.2, 0) is 6.54 Å². The molecule has 0 radical (unpaired) electrons. The molecule has 3 heterocycles. The van der Waals surface area contributed by atoms with Gasteiger partial charge in [-0.25, -0.2) is 4.98 Å². The van der Waals surface area contributed by atoms with E-state index in [0.717, 1.165) is 66.6 Å². The molecule has 1 aromatic carbocycles. The third-order valence-corrected chi connectivity index (χ3v) is 6.00. The molecule has 0 unspecified atom stereocenters. The van der Waals surface area contributed by atoms with Gasteiger partial charge in [0.1, 0.15) is 5.76 Å². The lowest BCUT2D eigenvalue weighted by Gasteiger charge is -2.22. The second-order valence-electron chi connectivity index (χ2n) is 7.29. The molecule has 1 fully saturated rings. The number of thiophene rings is 1. The van der Waals surface area contributed by atoms with Crippen LogP contribution in [0.4, 0.5) is 0 Å². The van der Waals surface area contributed by atoms with Gasteiger partial charge in [-0.05, 0) is 43.8 Å². The van der Waals surface area contributed by atoms with Gasteiger partial charge in [0.2, 0.25) is 5.89 Å². The highest BCUT2D eigenvalue weighted by Gasteiger charge is 2.22. The van der Waals surface area contributed by atoms with Crippen molar-refractivity contribution in [2.24, 2.45) is 0 Å². The van der Waals surface area contributed by atoms with E-state index < -0.39 is 0 Å². The van der Waals surface area contributed by atoms with E-state index in [-0.39, 0.29) is 5.91 Å². The van der Waals surface area contributed by atoms with Crippen molar-refractivity contribution >= 4 is 17.2 Å². The van der Waals surface area contributed by atoms with Crippen LogP contribution in [0, 0.1) is 13.8 Å². The molecule has 2 aromatic heterocycles. The van der Waals surface area contributed by atoms with Crippen LogP contribution in [0.15, 0.2) is 46.2 Å². The summed E-state index contributed by atoms with van der Waals surface area (Å²) in [5.74, 6) is 1.71. The molecule has 4 rings (SSSR count).